The Morgan fingerprint density at radius 2 is 2.12 bits per heavy atom. The van der Waals surface area contributed by atoms with Gasteiger partial charge in [0.25, 0.3) is 0 Å². The van der Waals surface area contributed by atoms with E-state index < -0.39 is 0 Å². The van der Waals surface area contributed by atoms with E-state index in [2.05, 4.69) is 15.4 Å². The zero-order chi connectivity index (χ0) is 17.6. The number of hydrogen-bond donors (Lipinski definition) is 1. The van der Waals surface area contributed by atoms with Crippen LogP contribution in [0.2, 0.25) is 5.02 Å². The fraction of sp³-hybridized carbons (Fsp3) is 0.0556. The van der Waals surface area contributed by atoms with E-state index >= 15 is 0 Å². The number of anilines is 1. The minimum atomic E-state index is -0.297. The molecule has 1 aromatic heterocycles. The van der Waals surface area contributed by atoms with Crippen LogP contribution in [0.3, 0.4) is 0 Å². The van der Waals surface area contributed by atoms with E-state index in [4.69, 9.17) is 16.3 Å². The maximum absolute atomic E-state index is 12.3. The molecule has 25 heavy (non-hydrogen) atoms. The lowest BCUT2D eigenvalue weighted by atomic mass is 10.2. The third-order valence-electron chi connectivity index (χ3n) is 3.44. The van der Waals surface area contributed by atoms with E-state index in [1.54, 1.807) is 42.4 Å². The Labute approximate surface area is 149 Å². The van der Waals surface area contributed by atoms with Crippen LogP contribution < -0.4 is 10.1 Å². The van der Waals surface area contributed by atoms with Crippen LogP contribution in [0, 0.1) is 0 Å². The minimum absolute atomic E-state index is 0.297. The molecule has 1 N–H and O–H groups in total. The summed E-state index contributed by atoms with van der Waals surface area (Å²) in [5, 5.41) is 7.39. The molecule has 0 aliphatic rings. The second-order valence-corrected chi connectivity index (χ2v) is 5.50. The maximum Gasteiger partial charge on any atom is 0.248 e. The van der Waals surface area contributed by atoms with Gasteiger partial charge in [-0.05, 0) is 30.3 Å². The molecule has 6 nitrogen and oxygen atoms in total. The number of aromatic nitrogens is 3. The number of amides is 1. The topological polar surface area (TPSA) is 69.0 Å². The first-order chi connectivity index (χ1) is 12.2. The van der Waals surface area contributed by atoms with Gasteiger partial charge < -0.3 is 10.1 Å². The lowest BCUT2D eigenvalue weighted by molar-refractivity contribution is -0.111. The van der Waals surface area contributed by atoms with Crippen molar-refractivity contribution < 1.29 is 9.53 Å². The number of carbonyl (C=O) groups is 1. The summed E-state index contributed by atoms with van der Waals surface area (Å²) in [6.07, 6.45) is 6.09. The van der Waals surface area contributed by atoms with Crippen molar-refractivity contribution >= 4 is 29.3 Å². The number of methoxy groups -OCH3 is 1. The summed E-state index contributed by atoms with van der Waals surface area (Å²) >= 11 is 6.04. The Morgan fingerprint density at radius 1 is 1.28 bits per heavy atom. The van der Waals surface area contributed by atoms with Crippen LogP contribution in [0.25, 0.3) is 11.8 Å². The second-order valence-electron chi connectivity index (χ2n) is 5.07. The normalized spacial score (nSPS) is 10.8. The van der Waals surface area contributed by atoms with Crippen molar-refractivity contribution in [2.24, 2.45) is 0 Å². The molecule has 0 fully saturated rings. The molecule has 2 aromatic carbocycles. The molecule has 3 rings (SSSR count). The van der Waals surface area contributed by atoms with E-state index in [-0.39, 0.29) is 5.91 Å². The van der Waals surface area contributed by atoms with E-state index in [1.807, 2.05) is 24.3 Å². The molecule has 3 aromatic rings. The summed E-state index contributed by atoms with van der Waals surface area (Å²) in [5.41, 5.74) is 2.01. The summed E-state index contributed by atoms with van der Waals surface area (Å²) in [7, 11) is 1.59. The molecular weight excluding hydrogens is 340 g/mol. The first kappa shape index (κ1) is 16.7. The van der Waals surface area contributed by atoms with Crippen LogP contribution in [-0.4, -0.2) is 27.8 Å². The molecule has 0 saturated heterocycles. The molecule has 0 unspecified atom stereocenters. The monoisotopic (exact) mass is 354 g/mol. The van der Waals surface area contributed by atoms with Crippen molar-refractivity contribution in [1.82, 2.24) is 14.8 Å². The molecule has 0 atom stereocenters. The quantitative estimate of drug-likeness (QED) is 0.711. The molecule has 0 saturated carbocycles. The number of ether oxygens (including phenoxy) is 1. The average molecular weight is 355 g/mol. The number of rotatable bonds is 5. The molecule has 126 valence electrons. The summed E-state index contributed by atoms with van der Waals surface area (Å²) in [5.74, 6) is 0.396. The van der Waals surface area contributed by atoms with Crippen molar-refractivity contribution in [2.45, 2.75) is 0 Å². The fourth-order valence-corrected chi connectivity index (χ4v) is 2.46. The van der Waals surface area contributed by atoms with Crippen LogP contribution in [0.4, 0.5) is 5.69 Å². The minimum Gasteiger partial charge on any atom is -0.496 e. The van der Waals surface area contributed by atoms with Gasteiger partial charge >= 0.3 is 0 Å². The predicted molar refractivity (Wildman–Crippen MR) is 97.0 cm³/mol. The highest BCUT2D eigenvalue weighted by molar-refractivity contribution is 6.31. The fourth-order valence-electron chi connectivity index (χ4n) is 2.28. The SMILES string of the molecule is COc1ccccc1/C=C/C(=O)Nc1cc(Cl)ccc1-n1cncn1. The number of para-hydroxylation sites is 1. The van der Waals surface area contributed by atoms with Crippen molar-refractivity contribution in [2.75, 3.05) is 12.4 Å². The standard InChI is InChI=1S/C18H15ClN4O2/c1-25-17-5-3-2-4-13(17)6-9-18(24)22-15-10-14(19)7-8-16(15)23-12-20-11-21-23/h2-12H,1H3,(H,22,24)/b9-6+. The van der Waals surface area contributed by atoms with Crippen LogP contribution in [0.15, 0.2) is 61.2 Å². The Balaban J connectivity index is 1.82. The van der Waals surface area contributed by atoms with Crippen molar-refractivity contribution in [3.8, 4) is 11.4 Å². The van der Waals surface area contributed by atoms with Gasteiger partial charge in [0.2, 0.25) is 5.91 Å². The molecule has 0 aliphatic heterocycles. The van der Waals surface area contributed by atoms with E-state index in [1.165, 1.54) is 12.4 Å². The van der Waals surface area contributed by atoms with Gasteiger partial charge in [0.1, 0.15) is 18.4 Å². The Bertz CT molecular complexity index is 907. The summed E-state index contributed by atoms with van der Waals surface area (Å²) in [4.78, 5) is 16.2. The number of halogens is 1. The second kappa shape index (κ2) is 7.63. The molecule has 0 bridgehead atoms. The third-order valence-corrected chi connectivity index (χ3v) is 3.67. The summed E-state index contributed by atoms with van der Waals surface area (Å²) in [6.45, 7) is 0. The largest absolute Gasteiger partial charge is 0.496 e. The van der Waals surface area contributed by atoms with Crippen LogP contribution >= 0.6 is 11.6 Å². The third kappa shape index (κ3) is 4.05. The smallest absolute Gasteiger partial charge is 0.248 e. The highest BCUT2D eigenvalue weighted by Crippen LogP contribution is 2.24. The Morgan fingerprint density at radius 3 is 2.88 bits per heavy atom. The van der Waals surface area contributed by atoms with Gasteiger partial charge in [-0.1, -0.05) is 29.8 Å². The van der Waals surface area contributed by atoms with Crippen LogP contribution in [0.5, 0.6) is 5.75 Å². The Hall–Kier alpha value is -3.12. The lowest BCUT2D eigenvalue weighted by Crippen LogP contribution is -2.11. The van der Waals surface area contributed by atoms with Crippen molar-refractivity contribution in [3.63, 3.8) is 0 Å². The van der Waals surface area contributed by atoms with Gasteiger partial charge in [-0.25, -0.2) is 9.67 Å². The molecule has 0 aliphatic carbocycles. The van der Waals surface area contributed by atoms with Gasteiger partial charge in [-0.3, -0.25) is 4.79 Å². The predicted octanol–water partition coefficient (Wildman–Crippen LogP) is 3.58. The van der Waals surface area contributed by atoms with E-state index in [0.717, 1.165) is 5.56 Å². The van der Waals surface area contributed by atoms with E-state index in [9.17, 15) is 4.79 Å². The average Bonchev–Trinajstić information content (AvgIpc) is 3.14. The van der Waals surface area contributed by atoms with Gasteiger partial charge in [0.15, 0.2) is 0 Å². The number of carbonyl (C=O) groups excluding carboxylic acids is 1. The van der Waals surface area contributed by atoms with Crippen molar-refractivity contribution in [3.05, 3.63) is 71.8 Å². The van der Waals surface area contributed by atoms with Gasteiger partial charge in [-0.15, -0.1) is 0 Å². The molecule has 7 heteroatoms. The first-order valence-corrected chi connectivity index (χ1v) is 7.82. The van der Waals surface area contributed by atoms with Crippen molar-refractivity contribution in [1.29, 1.82) is 0 Å². The highest BCUT2D eigenvalue weighted by Gasteiger charge is 2.09. The highest BCUT2D eigenvalue weighted by atomic mass is 35.5. The number of nitrogens with one attached hydrogen (secondary N) is 1. The van der Waals surface area contributed by atoms with Gasteiger partial charge in [-0.2, -0.15) is 5.10 Å². The maximum atomic E-state index is 12.3. The summed E-state index contributed by atoms with van der Waals surface area (Å²) < 4.78 is 6.81. The molecule has 0 radical (unpaired) electrons. The van der Waals surface area contributed by atoms with Crippen LogP contribution in [-0.2, 0) is 4.79 Å². The summed E-state index contributed by atoms with van der Waals surface area (Å²) in [6, 6.07) is 12.6. The van der Waals surface area contributed by atoms with Gasteiger partial charge in [0, 0.05) is 16.7 Å². The zero-order valence-corrected chi connectivity index (χ0v) is 14.1. The first-order valence-electron chi connectivity index (χ1n) is 7.44. The molecule has 1 amide bonds. The number of benzene rings is 2. The lowest BCUT2D eigenvalue weighted by Gasteiger charge is -2.10. The molecule has 1 heterocycles. The van der Waals surface area contributed by atoms with Gasteiger partial charge in [0.05, 0.1) is 18.5 Å². The van der Waals surface area contributed by atoms with E-state index in [0.29, 0.717) is 22.1 Å². The molecular formula is C18H15ClN4O2. The number of nitrogens with zero attached hydrogens (tertiary/aromatic N) is 3. The van der Waals surface area contributed by atoms with Crippen LogP contribution in [0.1, 0.15) is 5.56 Å². The number of hydrogen-bond acceptors (Lipinski definition) is 4. The zero-order valence-electron chi connectivity index (χ0n) is 13.4. The molecule has 0 spiro atoms. The Kier molecular flexibility index (Phi) is 5.11.